The molecule has 0 aromatic heterocycles. The second kappa shape index (κ2) is 6.47. The van der Waals surface area contributed by atoms with Crippen LogP contribution in [0, 0.1) is 0 Å². The number of ether oxygens (including phenoxy) is 2. The number of methoxy groups -OCH3 is 1. The molecule has 1 amide bonds. The van der Waals surface area contributed by atoms with Gasteiger partial charge >= 0.3 is 6.09 Å². The van der Waals surface area contributed by atoms with E-state index in [2.05, 4.69) is 5.32 Å². The third-order valence-electron chi connectivity index (χ3n) is 2.03. The molecule has 0 atom stereocenters. The van der Waals surface area contributed by atoms with E-state index in [1.165, 1.54) is 13.2 Å². The van der Waals surface area contributed by atoms with E-state index in [9.17, 15) is 9.90 Å². The number of phenolic OH excluding ortho intramolecular Hbond substituents is 1. The summed E-state index contributed by atoms with van der Waals surface area (Å²) in [5.74, 6) is -0.0544. The zero-order chi connectivity index (χ0) is 13.7. The Morgan fingerprint density at radius 1 is 1.50 bits per heavy atom. The van der Waals surface area contributed by atoms with E-state index >= 15 is 0 Å². The number of carbonyl (C=O) groups is 1. The molecular formula is C12H16ClNO4. The third kappa shape index (κ3) is 4.09. The van der Waals surface area contributed by atoms with Crippen molar-refractivity contribution in [2.24, 2.45) is 0 Å². The first kappa shape index (κ1) is 14.6. The smallest absolute Gasteiger partial charge is 0.411 e. The second-order valence-electron chi connectivity index (χ2n) is 3.98. The van der Waals surface area contributed by atoms with Gasteiger partial charge in [-0.2, -0.15) is 0 Å². The number of carbonyl (C=O) groups excluding carboxylic acids is 1. The van der Waals surface area contributed by atoms with Gasteiger partial charge in [0.05, 0.1) is 17.7 Å². The molecule has 1 aromatic rings. The Labute approximate surface area is 111 Å². The normalized spacial score (nSPS) is 10.5. The van der Waals surface area contributed by atoms with Gasteiger partial charge in [-0.05, 0) is 26.0 Å². The predicted octanol–water partition coefficient (Wildman–Crippen LogP) is 3.15. The van der Waals surface area contributed by atoms with Crippen molar-refractivity contribution >= 4 is 23.4 Å². The summed E-state index contributed by atoms with van der Waals surface area (Å²) in [5, 5.41) is 12.3. The fraction of sp³-hybridized carbons (Fsp3) is 0.417. The topological polar surface area (TPSA) is 67.8 Å². The fourth-order valence-electron chi connectivity index (χ4n) is 1.36. The Morgan fingerprint density at radius 3 is 2.72 bits per heavy atom. The molecule has 0 aliphatic rings. The summed E-state index contributed by atoms with van der Waals surface area (Å²) in [5.41, 5.74) is 0.931. The molecule has 18 heavy (non-hydrogen) atoms. The van der Waals surface area contributed by atoms with E-state index in [4.69, 9.17) is 21.1 Å². The Kier molecular flexibility index (Phi) is 5.25. The molecule has 0 aliphatic heterocycles. The van der Waals surface area contributed by atoms with Crippen LogP contribution in [0.1, 0.15) is 19.4 Å². The fourth-order valence-corrected chi connectivity index (χ4v) is 1.59. The third-order valence-corrected chi connectivity index (χ3v) is 2.32. The number of anilines is 1. The number of rotatable bonds is 4. The lowest BCUT2D eigenvalue weighted by atomic mass is 10.2. The Hall–Kier alpha value is -1.46. The van der Waals surface area contributed by atoms with Crippen molar-refractivity contribution in [2.75, 3.05) is 12.4 Å². The largest absolute Gasteiger partial charge is 0.506 e. The number of nitrogens with one attached hydrogen (secondary N) is 1. The highest BCUT2D eigenvalue weighted by Crippen LogP contribution is 2.31. The highest BCUT2D eigenvalue weighted by molar-refractivity contribution is 6.32. The molecular weight excluding hydrogens is 258 g/mol. The summed E-state index contributed by atoms with van der Waals surface area (Å²) >= 11 is 5.85. The van der Waals surface area contributed by atoms with E-state index in [1.54, 1.807) is 19.9 Å². The molecule has 0 radical (unpaired) electrons. The molecule has 0 saturated heterocycles. The SMILES string of the molecule is COCc1cc(NC(=O)OC(C)C)cc(Cl)c1O. The molecule has 0 aliphatic carbocycles. The first-order valence-corrected chi connectivity index (χ1v) is 5.79. The quantitative estimate of drug-likeness (QED) is 0.827. The van der Waals surface area contributed by atoms with Crippen LogP contribution in [0.3, 0.4) is 0 Å². The number of hydrogen-bond donors (Lipinski definition) is 2. The number of hydrogen-bond acceptors (Lipinski definition) is 4. The van der Waals surface area contributed by atoms with Crippen molar-refractivity contribution in [2.45, 2.75) is 26.6 Å². The average molecular weight is 274 g/mol. The van der Waals surface area contributed by atoms with Crippen molar-refractivity contribution in [3.05, 3.63) is 22.7 Å². The monoisotopic (exact) mass is 273 g/mol. The van der Waals surface area contributed by atoms with Crippen molar-refractivity contribution in [3.63, 3.8) is 0 Å². The number of aromatic hydroxyl groups is 1. The standard InChI is InChI=1S/C12H16ClNO4/c1-7(2)18-12(16)14-9-4-8(6-17-3)11(15)10(13)5-9/h4-5,7,15H,6H2,1-3H3,(H,14,16). The van der Waals surface area contributed by atoms with E-state index < -0.39 is 6.09 Å². The van der Waals surface area contributed by atoms with Crippen LogP contribution in [0.15, 0.2) is 12.1 Å². The minimum Gasteiger partial charge on any atom is -0.506 e. The van der Waals surface area contributed by atoms with Crippen LogP contribution in [-0.4, -0.2) is 24.4 Å². The van der Waals surface area contributed by atoms with E-state index in [0.717, 1.165) is 0 Å². The van der Waals surface area contributed by atoms with Gasteiger partial charge in [-0.1, -0.05) is 11.6 Å². The van der Waals surface area contributed by atoms with Crippen LogP contribution in [0.2, 0.25) is 5.02 Å². The van der Waals surface area contributed by atoms with Crippen LogP contribution >= 0.6 is 11.6 Å². The molecule has 0 unspecified atom stereocenters. The predicted molar refractivity (Wildman–Crippen MR) is 69.1 cm³/mol. The minimum absolute atomic E-state index is 0.0544. The molecule has 2 N–H and O–H groups in total. The Balaban J connectivity index is 2.86. The number of benzene rings is 1. The lowest BCUT2D eigenvalue weighted by Gasteiger charge is -2.12. The van der Waals surface area contributed by atoms with Crippen molar-refractivity contribution in [3.8, 4) is 5.75 Å². The Morgan fingerprint density at radius 2 is 2.17 bits per heavy atom. The molecule has 0 spiro atoms. The number of halogens is 1. The van der Waals surface area contributed by atoms with Crippen molar-refractivity contribution < 1.29 is 19.4 Å². The highest BCUT2D eigenvalue weighted by Gasteiger charge is 2.11. The van der Waals surface area contributed by atoms with Gasteiger partial charge in [-0.3, -0.25) is 5.32 Å². The maximum Gasteiger partial charge on any atom is 0.411 e. The maximum atomic E-state index is 11.4. The lowest BCUT2D eigenvalue weighted by molar-refractivity contribution is 0.130. The van der Waals surface area contributed by atoms with Gasteiger partial charge in [0, 0.05) is 18.4 Å². The first-order chi connectivity index (χ1) is 8.43. The highest BCUT2D eigenvalue weighted by atomic mass is 35.5. The number of amides is 1. The molecule has 1 rings (SSSR count). The molecule has 0 bridgehead atoms. The molecule has 0 fully saturated rings. The van der Waals surface area contributed by atoms with Crippen LogP contribution in [-0.2, 0) is 16.1 Å². The van der Waals surface area contributed by atoms with Gasteiger partial charge in [0.25, 0.3) is 0 Å². The summed E-state index contributed by atoms with van der Waals surface area (Å²) in [6.45, 7) is 3.69. The van der Waals surface area contributed by atoms with Gasteiger partial charge < -0.3 is 14.6 Å². The van der Waals surface area contributed by atoms with E-state index in [1.807, 2.05) is 0 Å². The van der Waals surface area contributed by atoms with Crippen LogP contribution in [0.5, 0.6) is 5.75 Å². The lowest BCUT2D eigenvalue weighted by Crippen LogP contribution is -2.18. The van der Waals surface area contributed by atoms with Crippen LogP contribution in [0.4, 0.5) is 10.5 Å². The van der Waals surface area contributed by atoms with E-state index in [0.29, 0.717) is 11.3 Å². The second-order valence-corrected chi connectivity index (χ2v) is 4.39. The molecule has 6 heteroatoms. The summed E-state index contributed by atoms with van der Waals surface area (Å²) < 4.78 is 9.86. The molecule has 100 valence electrons. The van der Waals surface area contributed by atoms with Crippen LogP contribution < -0.4 is 5.32 Å². The van der Waals surface area contributed by atoms with Crippen LogP contribution in [0.25, 0.3) is 0 Å². The zero-order valence-electron chi connectivity index (χ0n) is 10.5. The average Bonchev–Trinajstić information content (AvgIpc) is 2.24. The molecule has 0 saturated carbocycles. The van der Waals surface area contributed by atoms with Gasteiger partial charge in [0.15, 0.2) is 0 Å². The summed E-state index contributed by atoms with van der Waals surface area (Å²) in [4.78, 5) is 11.4. The summed E-state index contributed by atoms with van der Waals surface area (Å²) in [6, 6.07) is 3.02. The van der Waals surface area contributed by atoms with Crippen molar-refractivity contribution in [1.29, 1.82) is 0 Å². The number of phenols is 1. The van der Waals surface area contributed by atoms with E-state index in [-0.39, 0.29) is 23.5 Å². The van der Waals surface area contributed by atoms with Gasteiger partial charge in [-0.15, -0.1) is 0 Å². The van der Waals surface area contributed by atoms with Gasteiger partial charge in [-0.25, -0.2) is 4.79 Å². The summed E-state index contributed by atoms with van der Waals surface area (Å²) in [6.07, 6.45) is -0.786. The van der Waals surface area contributed by atoms with Crippen molar-refractivity contribution in [1.82, 2.24) is 0 Å². The Bertz CT molecular complexity index is 434. The molecule has 1 aromatic carbocycles. The minimum atomic E-state index is -0.574. The van der Waals surface area contributed by atoms with Gasteiger partial charge in [0.1, 0.15) is 5.75 Å². The first-order valence-electron chi connectivity index (χ1n) is 5.42. The zero-order valence-corrected chi connectivity index (χ0v) is 11.2. The summed E-state index contributed by atoms with van der Waals surface area (Å²) in [7, 11) is 1.50. The molecule has 0 heterocycles. The molecule has 5 nitrogen and oxygen atoms in total. The maximum absolute atomic E-state index is 11.4. The van der Waals surface area contributed by atoms with Gasteiger partial charge in [0.2, 0.25) is 0 Å².